The molecule has 0 aromatic heterocycles. The predicted octanol–water partition coefficient (Wildman–Crippen LogP) is 4.99. The molecule has 4 heteroatoms. The standard InChI is InChI=1S/C21H22N2OS/c1-15-5-4-6-19(11-15)22-21(25)23(2)14-16-7-8-18-13-20(24-3)10-9-17(18)12-16/h4-13H,14H2,1-3H3,(H,22,25). The van der Waals surface area contributed by atoms with Crippen molar-refractivity contribution < 1.29 is 4.74 Å². The third kappa shape index (κ3) is 4.28. The van der Waals surface area contributed by atoms with Gasteiger partial charge in [0.05, 0.1) is 7.11 Å². The van der Waals surface area contributed by atoms with Crippen molar-refractivity contribution in [1.29, 1.82) is 0 Å². The summed E-state index contributed by atoms with van der Waals surface area (Å²) in [5.41, 5.74) is 3.44. The van der Waals surface area contributed by atoms with Crippen LogP contribution in [0.1, 0.15) is 11.1 Å². The van der Waals surface area contributed by atoms with Crippen LogP contribution in [-0.4, -0.2) is 24.2 Å². The van der Waals surface area contributed by atoms with Crippen LogP contribution < -0.4 is 10.1 Å². The second kappa shape index (κ2) is 7.53. The number of methoxy groups -OCH3 is 1. The minimum absolute atomic E-state index is 0.709. The Morgan fingerprint density at radius 3 is 2.56 bits per heavy atom. The lowest BCUT2D eigenvalue weighted by atomic mass is 10.1. The minimum Gasteiger partial charge on any atom is -0.497 e. The largest absolute Gasteiger partial charge is 0.497 e. The molecule has 0 aliphatic rings. The van der Waals surface area contributed by atoms with E-state index in [9.17, 15) is 0 Å². The van der Waals surface area contributed by atoms with Crippen LogP contribution in [0, 0.1) is 6.92 Å². The molecular formula is C21H22N2OS. The molecule has 25 heavy (non-hydrogen) atoms. The summed E-state index contributed by atoms with van der Waals surface area (Å²) in [7, 11) is 3.69. The number of anilines is 1. The third-order valence-corrected chi connectivity index (χ3v) is 4.56. The second-order valence-corrected chi connectivity index (χ2v) is 6.59. The number of nitrogens with one attached hydrogen (secondary N) is 1. The molecule has 0 bridgehead atoms. The van der Waals surface area contributed by atoms with Crippen molar-refractivity contribution in [2.24, 2.45) is 0 Å². The van der Waals surface area contributed by atoms with Gasteiger partial charge in [-0.15, -0.1) is 0 Å². The van der Waals surface area contributed by atoms with Gasteiger partial charge in [-0.3, -0.25) is 0 Å². The molecule has 0 aliphatic carbocycles. The summed E-state index contributed by atoms with van der Waals surface area (Å²) in [6.45, 7) is 2.82. The van der Waals surface area contributed by atoms with Gasteiger partial charge in [-0.1, -0.05) is 30.3 Å². The maximum Gasteiger partial charge on any atom is 0.173 e. The highest BCUT2D eigenvalue weighted by Gasteiger charge is 2.07. The van der Waals surface area contributed by atoms with Crippen LogP contribution in [-0.2, 0) is 6.54 Å². The SMILES string of the molecule is COc1ccc2cc(CN(C)C(=S)Nc3cccc(C)c3)ccc2c1. The zero-order valence-electron chi connectivity index (χ0n) is 14.7. The van der Waals surface area contributed by atoms with E-state index in [4.69, 9.17) is 17.0 Å². The van der Waals surface area contributed by atoms with Crippen LogP contribution >= 0.6 is 12.2 Å². The summed E-state index contributed by atoms with van der Waals surface area (Å²) in [5.74, 6) is 0.876. The number of fused-ring (bicyclic) bond motifs is 1. The topological polar surface area (TPSA) is 24.5 Å². The van der Waals surface area contributed by atoms with Crippen LogP contribution in [0.5, 0.6) is 5.75 Å². The quantitative estimate of drug-likeness (QED) is 0.670. The lowest BCUT2D eigenvalue weighted by molar-refractivity contribution is 0.415. The Bertz CT molecular complexity index is 907. The van der Waals surface area contributed by atoms with E-state index >= 15 is 0 Å². The molecule has 0 radical (unpaired) electrons. The average molecular weight is 350 g/mol. The van der Waals surface area contributed by atoms with E-state index in [1.165, 1.54) is 21.9 Å². The van der Waals surface area contributed by atoms with E-state index in [0.717, 1.165) is 18.0 Å². The minimum atomic E-state index is 0.709. The zero-order valence-corrected chi connectivity index (χ0v) is 15.6. The Balaban J connectivity index is 1.70. The molecule has 0 aliphatic heterocycles. The maximum absolute atomic E-state index is 5.53. The first-order chi connectivity index (χ1) is 12.0. The zero-order chi connectivity index (χ0) is 17.8. The molecule has 3 aromatic carbocycles. The van der Waals surface area contributed by atoms with Gasteiger partial charge in [0.1, 0.15) is 5.75 Å². The Hall–Kier alpha value is -2.59. The number of hydrogen-bond acceptors (Lipinski definition) is 2. The fourth-order valence-corrected chi connectivity index (χ4v) is 2.97. The summed E-state index contributed by atoms with van der Waals surface area (Å²) < 4.78 is 5.28. The molecule has 3 aromatic rings. The first-order valence-corrected chi connectivity index (χ1v) is 8.61. The fraction of sp³-hybridized carbons (Fsp3) is 0.190. The Morgan fingerprint density at radius 1 is 1.04 bits per heavy atom. The lowest BCUT2D eigenvalue weighted by Crippen LogP contribution is -2.30. The smallest absolute Gasteiger partial charge is 0.173 e. The van der Waals surface area contributed by atoms with Crippen LogP contribution in [0.4, 0.5) is 5.69 Å². The summed E-state index contributed by atoms with van der Waals surface area (Å²) >= 11 is 5.53. The highest BCUT2D eigenvalue weighted by atomic mass is 32.1. The molecule has 0 heterocycles. The van der Waals surface area contributed by atoms with Gasteiger partial charge in [-0.25, -0.2) is 0 Å². The van der Waals surface area contributed by atoms with Crippen molar-refractivity contribution in [3.63, 3.8) is 0 Å². The Kier molecular flexibility index (Phi) is 5.19. The molecule has 0 fully saturated rings. The molecule has 0 spiro atoms. The number of ether oxygens (including phenoxy) is 1. The van der Waals surface area contributed by atoms with E-state index in [2.05, 4.69) is 48.6 Å². The first-order valence-electron chi connectivity index (χ1n) is 8.20. The van der Waals surface area contributed by atoms with E-state index < -0.39 is 0 Å². The number of aryl methyl sites for hydroxylation is 1. The molecule has 3 rings (SSSR count). The summed E-state index contributed by atoms with van der Waals surface area (Å²) in [5, 5.41) is 6.38. The fourth-order valence-electron chi connectivity index (χ4n) is 2.79. The molecule has 0 amide bonds. The van der Waals surface area contributed by atoms with Crippen LogP contribution in [0.15, 0.2) is 60.7 Å². The van der Waals surface area contributed by atoms with Gasteiger partial charge >= 0.3 is 0 Å². The van der Waals surface area contributed by atoms with Crippen LogP contribution in [0.2, 0.25) is 0 Å². The second-order valence-electron chi connectivity index (χ2n) is 6.20. The molecule has 0 saturated heterocycles. The lowest BCUT2D eigenvalue weighted by Gasteiger charge is -2.21. The van der Waals surface area contributed by atoms with Gasteiger partial charge in [0.25, 0.3) is 0 Å². The van der Waals surface area contributed by atoms with E-state index in [1.807, 2.05) is 36.2 Å². The number of benzene rings is 3. The van der Waals surface area contributed by atoms with Gasteiger partial charge in [-0.05, 0) is 71.4 Å². The van der Waals surface area contributed by atoms with E-state index in [1.54, 1.807) is 7.11 Å². The molecule has 0 atom stereocenters. The van der Waals surface area contributed by atoms with Gasteiger partial charge in [-0.2, -0.15) is 0 Å². The van der Waals surface area contributed by atoms with Gasteiger partial charge in [0.15, 0.2) is 5.11 Å². The molecule has 0 unspecified atom stereocenters. The number of thiocarbonyl (C=S) groups is 1. The summed E-state index contributed by atoms with van der Waals surface area (Å²) in [6, 6.07) is 20.8. The van der Waals surface area contributed by atoms with E-state index in [-0.39, 0.29) is 0 Å². The van der Waals surface area contributed by atoms with Gasteiger partial charge in [0.2, 0.25) is 0 Å². The predicted molar refractivity (Wildman–Crippen MR) is 109 cm³/mol. The average Bonchev–Trinajstić information content (AvgIpc) is 2.61. The molecule has 3 nitrogen and oxygen atoms in total. The van der Waals surface area contributed by atoms with Crippen molar-refractivity contribution in [2.75, 3.05) is 19.5 Å². The van der Waals surface area contributed by atoms with Crippen molar-refractivity contribution >= 4 is 33.8 Å². The van der Waals surface area contributed by atoms with Gasteiger partial charge < -0.3 is 15.0 Å². The van der Waals surface area contributed by atoms with Crippen LogP contribution in [0.25, 0.3) is 10.8 Å². The monoisotopic (exact) mass is 350 g/mol. The summed E-state index contributed by atoms with van der Waals surface area (Å²) in [4.78, 5) is 2.04. The van der Waals surface area contributed by atoms with Crippen molar-refractivity contribution in [3.05, 3.63) is 71.8 Å². The van der Waals surface area contributed by atoms with Crippen molar-refractivity contribution in [1.82, 2.24) is 4.90 Å². The highest BCUT2D eigenvalue weighted by molar-refractivity contribution is 7.80. The Labute approximate surface area is 154 Å². The molecular weight excluding hydrogens is 328 g/mol. The Morgan fingerprint density at radius 2 is 1.80 bits per heavy atom. The maximum atomic E-state index is 5.53. The first kappa shape index (κ1) is 17.2. The number of hydrogen-bond donors (Lipinski definition) is 1. The van der Waals surface area contributed by atoms with Gasteiger partial charge in [0, 0.05) is 19.3 Å². The van der Waals surface area contributed by atoms with Crippen LogP contribution in [0.3, 0.4) is 0 Å². The van der Waals surface area contributed by atoms with E-state index in [0.29, 0.717) is 5.11 Å². The normalized spacial score (nSPS) is 10.5. The number of rotatable bonds is 4. The van der Waals surface area contributed by atoms with Crippen molar-refractivity contribution in [2.45, 2.75) is 13.5 Å². The number of nitrogens with zero attached hydrogens (tertiary/aromatic N) is 1. The highest BCUT2D eigenvalue weighted by Crippen LogP contribution is 2.22. The molecule has 1 N–H and O–H groups in total. The van der Waals surface area contributed by atoms with Crippen molar-refractivity contribution in [3.8, 4) is 5.75 Å². The molecule has 0 saturated carbocycles. The third-order valence-electron chi connectivity index (χ3n) is 4.15. The summed E-state index contributed by atoms with van der Waals surface area (Å²) in [6.07, 6.45) is 0. The molecule has 128 valence electrons.